The molecule has 1 fully saturated rings. The molecule has 2 heterocycles. The van der Waals surface area contributed by atoms with E-state index in [1.54, 1.807) is 0 Å². The topological polar surface area (TPSA) is 101 Å². The maximum Gasteiger partial charge on any atom is 0.433 e. The van der Waals surface area contributed by atoms with Crippen molar-refractivity contribution in [3.63, 3.8) is 0 Å². The Hall–Kier alpha value is -2.65. The van der Waals surface area contributed by atoms with E-state index in [4.69, 9.17) is 11.5 Å². The van der Waals surface area contributed by atoms with Crippen LogP contribution in [0.5, 0.6) is 0 Å². The first kappa shape index (κ1) is 20.6. The van der Waals surface area contributed by atoms with E-state index in [1.165, 1.54) is 12.3 Å². The van der Waals surface area contributed by atoms with Crippen molar-refractivity contribution in [2.45, 2.75) is 50.2 Å². The maximum absolute atomic E-state index is 12.7. The van der Waals surface area contributed by atoms with E-state index in [2.05, 4.69) is 20.6 Å². The number of alkyl halides is 3. The molecule has 0 bridgehead atoms. The lowest BCUT2D eigenvalue weighted by Gasteiger charge is -2.42. The molecule has 4 rings (SSSR count). The molecule has 30 heavy (non-hydrogen) atoms. The number of para-hydroxylation sites is 1. The quantitative estimate of drug-likeness (QED) is 0.611. The number of nitrogens with zero attached hydrogens (tertiary/aromatic N) is 2. The lowest BCUT2D eigenvalue weighted by atomic mass is 9.80. The first-order valence-electron chi connectivity index (χ1n) is 10.0. The van der Waals surface area contributed by atoms with Crippen LogP contribution in [0.3, 0.4) is 0 Å². The summed E-state index contributed by atoms with van der Waals surface area (Å²) in [5, 5.41) is 6.78. The molecule has 0 amide bonds. The van der Waals surface area contributed by atoms with Crippen LogP contribution < -0.4 is 22.1 Å². The SMILES string of the molecule is NC1=NC(N)([C@H]2CCC[C@H](NCc3ccc(C(F)(F)F)nc3)C2)Nc2ccccc21. The van der Waals surface area contributed by atoms with Gasteiger partial charge in [-0.05, 0) is 43.0 Å². The Kier molecular flexibility index (Phi) is 5.42. The van der Waals surface area contributed by atoms with Crippen molar-refractivity contribution < 1.29 is 13.2 Å². The van der Waals surface area contributed by atoms with E-state index in [-0.39, 0.29) is 12.0 Å². The number of fused-ring (bicyclic) bond motifs is 1. The van der Waals surface area contributed by atoms with Gasteiger partial charge in [-0.15, -0.1) is 0 Å². The van der Waals surface area contributed by atoms with Gasteiger partial charge in [0.2, 0.25) is 0 Å². The van der Waals surface area contributed by atoms with Crippen LogP contribution in [-0.4, -0.2) is 22.6 Å². The normalized spacial score (nSPS) is 26.5. The zero-order chi connectivity index (χ0) is 21.4. The lowest BCUT2D eigenvalue weighted by molar-refractivity contribution is -0.141. The van der Waals surface area contributed by atoms with Crippen LogP contribution in [-0.2, 0) is 12.7 Å². The minimum atomic E-state index is -4.42. The van der Waals surface area contributed by atoms with Crippen LogP contribution in [0.2, 0.25) is 0 Å². The minimum absolute atomic E-state index is 0.0707. The van der Waals surface area contributed by atoms with Crippen molar-refractivity contribution in [3.8, 4) is 0 Å². The molecule has 2 aliphatic rings. The smallest absolute Gasteiger partial charge is 0.383 e. The van der Waals surface area contributed by atoms with Gasteiger partial charge in [0.15, 0.2) is 5.79 Å². The summed E-state index contributed by atoms with van der Waals surface area (Å²) < 4.78 is 38.0. The Labute approximate surface area is 173 Å². The molecule has 1 aromatic carbocycles. The van der Waals surface area contributed by atoms with E-state index >= 15 is 0 Å². The van der Waals surface area contributed by atoms with Crippen molar-refractivity contribution in [3.05, 3.63) is 59.4 Å². The van der Waals surface area contributed by atoms with Gasteiger partial charge < -0.3 is 16.4 Å². The summed E-state index contributed by atoms with van der Waals surface area (Å²) in [4.78, 5) is 8.10. The van der Waals surface area contributed by atoms with Gasteiger partial charge in [0.1, 0.15) is 11.5 Å². The van der Waals surface area contributed by atoms with Crippen LogP contribution in [0, 0.1) is 5.92 Å². The highest BCUT2D eigenvalue weighted by Crippen LogP contribution is 2.36. The van der Waals surface area contributed by atoms with Gasteiger partial charge in [0.25, 0.3) is 0 Å². The summed E-state index contributed by atoms with van der Waals surface area (Å²) in [7, 11) is 0. The second kappa shape index (κ2) is 7.88. The van der Waals surface area contributed by atoms with Gasteiger partial charge >= 0.3 is 6.18 Å². The number of aliphatic imine (C=N–C) groups is 1. The molecule has 3 atom stereocenters. The van der Waals surface area contributed by atoms with Crippen molar-refractivity contribution in [1.82, 2.24) is 10.3 Å². The standard InChI is InChI=1S/C21H25F3N6/c22-20(23,24)18-9-8-13(12-28-18)11-27-15-5-3-4-14(10-15)21(26)29-17-7-2-1-6-16(17)19(25)30-21/h1-2,6-9,12,14-15,27,29H,3-5,10-11,26H2,(H2,25,30)/t14-,15-,21?/m0/s1. The summed E-state index contributed by atoms with van der Waals surface area (Å²) in [5.74, 6) is -0.478. The average molecular weight is 418 g/mol. The number of halogens is 3. The van der Waals surface area contributed by atoms with Crippen molar-refractivity contribution in [2.24, 2.45) is 22.4 Å². The molecule has 1 saturated carbocycles. The summed E-state index contributed by atoms with van der Waals surface area (Å²) in [6.45, 7) is 0.446. The molecular weight excluding hydrogens is 393 g/mol. The number of pyridine rings is 1. The van der Waals surface area contributed by atoms with Crippen molar-refractivity contribution in [2.75, 3.05) is 5.32 Å². The van der Waals surface area contributed by atoms with Crippen LogP contribution in [0.15, 0.2) is 47.6 Å². The van der Waals surface area contributed by atoms with Gasteiger partial charge in [-0.25, -0.2) is 4.99 Å². The largest absolute Gasteiger partial charge is 0.433 e. The highest BCUT2D eigenvalue weighted by atomic mass is 19.4. The Morgan fingerprint density at radius 3 is 2.70 bits per heavy atom. The highest BCUT2D eigenvalue weighted by Gasteiger charge is 2.40. The van der Waals surface area contributed by atoms with E-state index in [1.807, 2.05) is 24.3 Å². The molecule has 160 valence electrons. The number of benzene rings is 1. The number of hydrogen-bond acceptors (Lipinski definition) is 6. The Morgan fingerprint density at radius 1 is 1.17 bits per heavy atom. The summed E-state index contributed by atoms with van der Waals surface area (Å²) in [5.41, 5.74) is 14.4. The molecule has 1 aliphatic heterocycles. The van der Waals surface area contributed by atoms with E-state index < -0.39 is 17.7 Å². The van der Waals surface area contributed by atoms with E-state index in [0.717, 1.165) is 43.0 Å². The fraction of sp³-hybridized carbons (Fsp3) is 0.429. The van der Waals surface area contributed by atoms with Gasteiger partial charge in [-0.3, -0.25) is 10.7 Å². The lowest BCUT2D eigenvalue weighted by Crippen LogP contribution is -2.57. The number of hydrogen-bond donors (Lipinski definition) is 4. The Morgan fingerprint density at radius 2 is 1.97 bits per heavy atom. The monoisotopic (exact) mass is 418 g/mol. The van der Waals surface area contributed by atoms with Gasteiger partial charge in [0.05, 0.1) is 0 Å². The van der Waals surface area contributed by atoms with Crippen LogP contribution in [0.25, 0.3) is 0 Å². The Balaban J connectivity index is 1.40. The van der Waals surface area contributed by atoms with Crippen LogP contribution in [0.1, 0.15) is 42.5 Å². The first-order chi connectivity index (χ1) is 14.2. The predicted molar refractivity (Wildman–Crippen MR) is 110 cm³/mol. The van der Waals surface area contributed by atoms with Crippen LogP contribution in [0.4, 0.5) is 18.9 Å². The van der Waals surface area contributed by atoms with Gasteiger partial charge in [-0.1, -0.05) is 24.6 Å². The zero-order valence-corrected chi connectivity index (χ0v) is 16.4. The molecule has 1 aromatic heterocycles. The van der Waals surface area contributed by atoms with Crippen molar-refractivity contribution >= 4 is 11.5 Å². The third-order valence-electron chi connectivity index (χ3n) is 5.85. The molecule has 6 N–H and O–H groups in total. The predicted octanol–water partition coefficient (Wildman–Crippen LogP) is 3.19. The molecule has 1 unspecified atom stereocenters. The number of amidine groups is 1. The molecule has 0 radical (unpaired) electrons. The Bertz CT molecular complexity index is 927. The first-order valence-corrected chi connectivity index (χ1v) is 10.0. The van der Waals surface area contributed by atoms with E-state index in [9.17, 15) is 13.2 Å². The third-order valence-corrected chi connectivity index (χ3v) is 5.85. The molecule has 6 nitrogen and oxygen atoms in total. The highest BCUT2D eigenvalue weighted by molar-refractivity contribution is 6.04. The number of rotatable bonds is 4. The minimum Gasteiger partial charge on any atom is -0.383 e. The average Bonchev–Trinajstić information content (AvgIpc) is 2.72. The van der Waals surface area contributed by atoms with Crippen molar-refractivity contribution in [1.29, 1.82) is 0 Å². The third kappa shape index (κ3) is 4.27. The number of nitrogens with two attached hydrogens (primary N) is 2. The second-order valence-corrected chi connectivity index (χ2v) is 7.98. The summed E-state index contributed by atoms with van der Waals surface area (Å²) >= 11 is 0. The summed E-state index contributed by atoms with van der Waals surface area (Å²) in [6.07, 6.45) is 0.498. The van der Waals surface area contributed by atoms with Crippen LogP contribution >= 0.6 is 0 Å². The molecule has 1 aliphatic carbocycles. The fourth-order valence-corrected chi connectivity index (χ4v) is 4.25. The fourth-order valence-electron chi connectivity index (χ4n) is 4.25. The number of nitrogens with one attached hydrogen (secondary N) is 2. The zero-order valence-electron chi connectivity index (χ0n) is 16.4. The second-order valence-electron chi connectivity index (χ2n) is 7.98. The van der Waals surface area contributed by atoms with Gasteiger partial charge in [0, 0.05) is 36.0 Å². The number of anilines is 1. The number of aromatic nitrogens is 1. The van der Waals surface area contributed by atoms with Gasteiger partial charge in [-0.2, -0.15) is 13.2 Å². The van der Waals surface area contributed by atoms with E-state index in [0.29, 0.717) is 17.9 Å². The molecule has 0 saturated heterocycles. The summed E-state index contributed by atoms with van der Waals surface area (Å²) in [6, 6.07) is 10.3. The molecule has 0 spiro atoms. The molecule has 9 heteroatoms. The maximum atomic E-state index is 12.7. The molecule has 2 aromatic rings. The molecular formula is C21H25F3N6.